The summed E-state index contributed by atoms with van der Waals surface area (Å²) in [5.41, 5.74) is 8.40. The summed E-state index contributed by atoms with van der Waals surface area (Å²) >= 11 is 0. The summed E-state index contributed by atoms with van der Waals surface area (Å²) in [5.74, 6) is 0.836. The minimum Gasteiger partial charge on any atom is -0.293 e. The van der Waals surface area contributed by atoms with Gasteiger partial charge in [0.2, 0.25) is 9.84 Å². The Morgan fingerprint density at radius 1 is 0.540 bits per heavy atom. The molecule has 0 spiro atoms. The van der Waals surface area contributed by atoms with Crippen molar-refractivity contribution in [2.75, 3.05) is 0 Å². The third kappa shape index (κ3) is 4.04. The summed E-state index contributed by atoms with van der Waals surface area (Å²) in [6.45, 7) is 2.07. The number of aromatic nitrogens is 2. The smallest absolute Gasteiger partial charge is 0.210 e. The van der Waals surface area contributed by atoms with Crippen LogP contribution in [0.4, 0.5) is 0 Å². The highest BCUT2D eigenvalue weighted by Gasteiger charge is 2.35. The first-order valence-electron chi connectivity index (χ1n) is 16.9. The minimum absolute atomic E-state index is 0.303. The largest absolute Gasteiger partial charge is 0.293 e. The molecule has 9 aromatic rings. The van der Waals surface area contributed by atoms with E-state index in [1.807, 2.05) is 18.2 Å². The monoisotopic (exact) mass is 662 g/mol. The molecule has 0 fully saturated rings. The van der Waals surface area contributed by atoms with E-state index in [1.54, 1.807) is 18.2 Å². The number of fused-ring (bicyclic) bond motifs is 5. The molecule has 0 bridgehead atoms. The summed E-state index contributed by atoms with van der Waals surface area (Å²) < 4.78 is 31.0. The standard InChI is InChI=1S/C45H30N2O2S/c1-2-41-46-38-19-11-21-40-45(38)47(41)44-36(18-10-20-39(44)50(40,48)49)43-34-17-9-8-16-33(34)42(32-23-22-29-14-6-7-15-30(29)26-32)35-25-24-31(27-37(35)43)28-12-4-3-5-13-28/h3-27H,2H2,1H3. The van der Waals surface area contributed by atoms with E-state index in [-0.39, 0.29) is 0 Å². The molecule has 2 heterocycles. The van der Waals surface area contributed by atoms with E-state index in [1.165, 1.54) is 10.8 Å². The maximum absolute atomic E-state index is 14.4. The fourth-order valence-corrected chi connectivity index (χ4v) is 9.72. The highest BCUT2D eigenvalue weighted by Crippen LogP contribution is 2.50. The predicted octanol–water partition coefficient (Wildman–Crippen LogP) is 11.2. The molecular weight excluding hydrogens is 633 g/mol. The van der Waals surface area contributed by atoms with Gasteiger partial charge in [0.15, 0.2) is 0 Å². The SMILES string of the molecule is CCc1nc2cccc3c2n1-c1c(-c2c4ccccc4c(-c4ccc5ccccc5c4)c4ccc(-c5ccccc5)cc24)cccc1S3(=O)=O. The lowest BCUT2D eigenvalue weighted by Gasteiger charge is -2.25. The van der Waals surface area contributed by atoms with Crippen LogP contribution in [0.2, 0.25) is 0 Å². The topological polar surface area (TPSA) is 52.0 Å². The van der Waals surface area contributed by atoms with Crippen LogP contribution in [0, 0.1) is 0 Å². The van der Waals surface area contributed by atoms with Gasteiger partial charge in [-0.05, 0) is 90.5 Å². The van der Waals surface area contributed by atoms with Gasteiger partial charge in [0.05, 0.1) is 26.5 Å². The maximum atomic E-state index is 14.4. The van der Waals surface area contributed by atoms with Crippen LogP contribution in [-0.2, 0) is 16.3 Å². The average molecular weight is 663 g/mol. The lowest BCUT2D eigenvalue weighted by molar-refractivity contribution is 0.594. The van der Waals surface area contributed by atoms with Gasteiger partial charge in [0, 0.05) is 12.0 Å². The summed E-state index contributed by atoms with van der Waals surface area (Å²) in [7, 11) is -3.82. The van der Waals surface area contributed by atoms with E-state index in [2.05, 4.69) is 127 Å². The van der Waals surface area contributed by atoms with Crippen molar-refractivity contribution in [3.05, 3.63) is 157 Å². The van der Waals surface area contributed by atoms with Gasteiger partial charge in [0.1, 0.15) is 5.82 Å². The first-order chi connectivity index (χ1) is 24.5. The van der Waals surface area contributed by atoms with Crippen LogP contribution in [0.5, 0.6) is 0 Å². The second-order valence-electron chi connectivity index (χ2n) is 13.0. The van der Waals surface area contributed by atoms with Crippen LogP contribution < -0.4 is 0 Å². The summed E-state index contributed by atoms with van der Waals surface area (Å²) in [6.07, 6.45) is 0.655. The number of aryl methyl sites for hydroxylation is 1. The second kappa shape index (κ2) is 10.7. The molecule has 4 nitrogen and oxygen atoms in total. The molecule has 1 aliphatic heterocycles. The molecule has 0 saturated carbocycles. The van der Waals surface area contributed by atoms with Crippen molar-refractivity contribution in [2.24, 2.45) is 0 Å². The highest BCUT2D eigenvalue weighted by atomic mass is 32.2. The fraction of sp³-hybridized carbons (Fsp3) is 0.0444. The molecule has 5 heteroatoms. The molecule has 238 valence electrons. The molecule has 1 aliphatic rings. The van der Waals surface area contributed by atoms with Gasteiger partial charge in [-0.3, -0.25) is 4.57 Å². The van der Waals surface area contributed by atoms with E-state index in [9.17, 15) is 8.42 Å². The lowest BCUT2D eigenvalue weighted by Crippen LogP contribution is -2.17. The van der Waals surface area contributed by atoms with Crippen molar-refractivity contribution in [1.29, 1.82) is 0 Å². The highest BCUT2D eigenvalue weighted by molar-refractivity contribution is 7.92. The number of hydrogen-bond acceptors (Lipinski definition) is 3. The van der Waals surface area contributed by atoms with Gasteiger partial charge in [0.25, 0.3) is 0 Å². The summed E-state index contributed by atoms with van der Waals surface area (Å²) in [4.78, 5) is 5.57. The van der Waals surface area contributed by atoms with Gasteiger partial charge < -0.3 is 0 Å². The first-order valence-corrected chi connectivity index (χ1v) is 18.4. The molecule has 0 N–H and O–H groups in total. The van der Waals surface area contributed by atoms with Crippen LogP contribution in [0.25, 0.3) is 82.4 Å². The van der Waals surface area contributed by atoms with Crippen molar-refractivity contribution in [3.63, 3.8) is 0 Å². The number of sulfone groups is 1. The van der Waals surface area contributed by atoms with Gasteiger partial charge in [-0.15, -0.1) is 0 Å². The van der Waals surface area contributed by atoms with Crippen molar-refractivity contribution in [3.8, 4) is 39.1 Å². The average Bonchev–Trinajstić information content (AvgIpc) is 3.55. The number of rotatable bonds is 4. The molecule has 50 heavy (non-hydrogen) atoms. The number of hydrogen-bond donors (Lipinski definition) is 0. The Hall–Kier alpha value is -6.04. The van der Waals surface area contributed by atoms with Crippen molar-refractivity contribution >= 4 is 53.2 Å². The van der Waals surface area contributed by atoms with Gasteiger partial charge >= 0.3 is 0 Å². The Kier molecular flexibility index (Phi) is 6.21. The number of para-hydroxylation sites is 2. The molecule has 0 amide bonds. The second-order valence-corrected chi connectivity index (χ2v) is 14.9. The fourth-order valence-electron chi connectivity index (χ4n) is 8.06. The number of imidazole rings is 1. The zero-order chi connectivity index (χ0) is 33.6. The van der Waals surface area contributed by atoms with E-state index >= 15 is 0 Å². The number of benzene rings is 8. The molecule has 8 aromatic carbocycles. The van der Waals surface area contributed by atoms with E-state index in [0.29, 0.717) is 32.9 Å². The quantitative estimate of drug-likeness (QED) is 0.176. The zero-order valence-corrected chi connectivity index (χ0v) is 28.1. The molecule has 0 radical (unpaired) electrons. The lowest BCUT2D eigenvalue weighted by atomic mass is 9.84. The zero-order valence-electron chi connectivity index (χ0n) is 27.3. The van der Waals surface area contributed by atoms with E-state index in [4.69, 9.17) is 4.98 Å². The van der Waals surface area contributed by atoms with Crippen molar-refractivity contribution in [2.45, 2.75) is 23.1 Å². The maximum Gasteiger partial charge on any atom is 0.210 e. The van der Waals surface area contributed by atoms with Crippen LogP contribution in [-0.4, -0.2) is 18.0 Å². The Morgan fingerprint density at radius 2 is 1.22 bits per heavy atom. The molecule has 10 rings (SSSR count). The molecule has 0 aliphatic carbocycles. The minimum atomic E-state index is -3.82. The summed E-state index contributed by atoms with van der Waals surface area (Å²) in [6, 6.07) is 52.0. The Labute approximate surface area is 289 Å². The molecule has 0 saturated heterocycles. The van der Waals surface area contributed by atoms with Gasteiger partial charge in [-0.25, -0.2) is 13.4 Å². The summed E-state index contributed by atoms with van der Waals surface area (Å²) in [5, 5.41) is 6.73. The third-order valence-corrected chi connectivity index (χ3v) is 12.1. The van der Waals surface area contributed by atoms with Gasteiger partial charge in [-0.1, -0.05) is 128 Å². The normalized spacial score (nSPS) is 13.3. The Balaban J connectivity index is 1.39. The van der Waals surface area contributed by atoms with Crippen molar-refractivity contribution < 1.29 is 8.42 Å². The predicted molar refractivity (Wildman–Crippen MR) is 205 cm³/mol. The van der Waals surface area contributed by atoms with Crippen LogP contribution >= 0.6 is 0 Å². The van der Waals surface area contributed by atoms with Gasteiger partial charge in [-0.2, -0.15) is 0 Å². The van der Waals surface area contributed by atoms with Crippen LogP contribution in [0.1, 0.15) is 12.7 Å². The number of nitrogens with zero attached hydrogens (tertiary/aromatic N) is 2. The Morgan fingerprint density at radius 3 is 2.04 bits per heavy atom. The van der Waals surface area contributed by atoms with Crippen molar-refractivity contribution in [1.82, 2.24) is 9.55 Å². The third-order valence-electron chi connectivity index (χ3n) is 10.3. The first kappa shape index (κ1) is 28.9. The molecular formula is C45H30N2O2S. The van der Waals surface area contributed by atoms with E-state index < -0.39 is 9.84 Å². The molecule has 1 aromatic heterocycles. The molecule has 0 atom stereocenters. The Bertz CT molecular complexity index is 2980. The van der Waals surface area contributed by atoms with Crippen LogP contribution in [0.15, 0.2) is 161 Å². The molecule has 0 unspecified atom stereocenters. The van der Waals surface area contributed by atoms with Crippen LogP contribution in [0.3, 0.4) is 0 Å². The van der Waals surface area contributed by atoms with E-state index in [0.717, 1.165) is 60.8 Å².